The molecule has 0 atom stereocenters. The fourth-order valence-electron chi connectivity index (χ4n) is 1.57. The van der Waals surface area contributed by atoms with Crippen molar-refractivity contribution >= 4 is 17.9 Å². The maximum Gasteiger partial charge on any atom is 0.165 e. The molecule has 0 amide bonds. The summed E-state index contributed by atoms with van der Waals surface area (Å²) in [6.45, 7) is -0.190. The Morgan fingerprint density at radius 1 is 1.16 bits per heavy atom. The number of hydrogen-bond acceptors (Lipinski definition) is 2. The minimum Gasteiger partial charge on any atom is -0.488 e. The minimum atomic E-state index is -0.961. The summed E-state index contributed by atoms with van der Waals surface area (Å²) in [4.78, 5) is 10.9. The number of ether oxygens (including phenoxy) is 1. The van der Waals surface area contributed by atoms with E-state index in [4.69, 9.17) is 16.3 Å². The zero-order chi connectivity index (χ0) is 13.8. The molecule has 0 N–H and O–H groups in total. The number of rotatable bonds is 4. The molecule has 2 aromatic rings. The van der Waals surface area contributed by atoms with Crippen LogP contribution in [0.25, 0.3) is 0 Å². The largest absolute Gasteiger partial charge is 0.488 e. The Balaban J connectivity index is 2.21. The lowest BCUT2D eigenvalue weighted by atomic mass is 10.2. The monoisotopic (exact) mass is 282 g/mol. The molecule has 0 aromatic heterocycles. The molecule has 0 radical (unpaired) electrons. The first kappa shape index (κ1) is 13.5. The molecule has 0 unspecified atom stereocenters. The van der Waals surface area contributed by atoms with E-state index in [9.17, 15) is 13.6 Å². The van der Waals surface area contributed by atoms with Crippen molar-refractivity contribution in [2.45, 2.75) is 6.61 Å². The van der Waals surface area contributed by atoms with Crippen molar-refractivity contribution in [3.8, 4) is 5.75 Å². The highest BCUT2D eigenvalue weighted by Crippen LogP contribution is 2.25. The van der Waals surface area contributed by atoms with Crippen LogP contribution in [0.1, 0.15) is 15.9 Å². The average Bonchev–Trinajstić information content (AvgIpc) is 2.40. The van der Waals surface area contributed by atoms with Gasteiger partial charge in [0.25, 0.3) is 0 Å². The molecular weight excluding hydrogens is 274 g/mol. The smallest absolute Gasteiger partial charge is 0.165 e. The van der Waals surface area contributed by atoms with Crippen molar-refractivity contribution in [2.75, 3.05) is 0 Å². The highest BCUT2D eigenvalue weighted by molar-refractivity contribution is 6.33. The lowest BCUT2D eigenvalue weighted by molar-refractivity contribution is 0.111. The normalized spacial score (nSPS) is 10.3. The third-order valence-electron chi connectivity index (χ3n) is 2.55. The van der Waals surface area contributed by atoms with Crippen LogP contribution in [0.4, 0.5) is 8.78 Å². The molecule has 2 nitrogen and oxygen atoms in total. The van der Waals surface area contributed by atoms with Crippen LogP contribution >= 0.6 is 11.6 Å². The van der Waals surface area contributed by atoms with E-state index in [-0.39, 0.29) is 28.5 Å². The quantitative estimate of drug-likeness (QED) is 0.792. The van der Waals surface area contributed by atoms with Gasteiger partial charge in [-0.15, -0.1) is 0 Å². The van der Waals surface area contributed by atoms with Gasteiger partial charge in [0.2, 0.25) is 0 Å². The molecule has 0 fully saturated rings. The molecule has 2 aromatic carbocycles. The highest BCUT2D eigenvalue weighted by atomic mass is 35.5. The summed E-state index contributed by atoms with van der Waals surface area (Å²) in [7, 11) is 0. The number of carbonyl (C=O) groups is 1. The van der Waals surface area contributed by atoms with Gasteiger partial charge >= 0.3 is 0 Å². The Morgan fingerprint density at radius 2 is 1.89 bits per heavy atom. The third-order valence-corrected chi connectivity index (χ3v) is 2.88. The summed E-state index contributed by atoms with van der Waals surface area (Å²) < 4.78 is 31.7. The standard InChI is InChI=1S/C14H9ClF2O2/c15-11-4-2-6-13(10(11)7-18)19-8-9-3-1-5-12(16)14(9)17/h1-7H,8H2. The van der Waals surface area contributed by atoms with Crippen LogP contribution < -0.4 is 4.74 Å². The summed E-state index contributed by atoms with van der Waals surface area (Å²) in [6, 6.07) is 8.49. The van der Waals surface area contributed by atoms with Crippen molar-refractivity contribution in [1.29, 1.82) is 0 Å². The number of aldehydes is 1. The van der Waals surface area contributed by atoms with Crippen LogP contribution in [0, 0.1) is 11.6 Å². The minimum absolute atomic E-state index is 0.0665. The highest BCUT2D eigenvalue weighted by Gasteiger charge is 2.11. The van der Waals surface area contributed by atoms with Gasteiger partial charge in [-0.1, -0.05) is 29.8 Å². The van der Waals surface area contributed by atoms with Crippen LogP contribution in [0.5, 0.6) is 5.75 Å². The first-order valence-electron chi connectivity index (χ1n) is 5.43. The molecule has 0 aliphatic heterocycles. The Morgan fingerprint density at radius 3 is 2.63 bits per heavy atom. The van der Waals surface area contributed by atoms with Gasteiger partial charge in [0, 0.05) is 5.56 Å². The molecule has 2 rings (SSSR count). The SMILES string of the molecule is O=Cc1c(Cl)cccc1OCc1cccc(F)c1F. The number of hydrogen-bond donors (Lipinski definition) is 0. The van der Waals surface area contributed by atoms with E-state index < -0.39 is 11.6 Å². The second kappa shape index (κ2) is 5.80. The molecule has 0 bridgehead atoms. The first-order valence-corrected chi connectivity index (χ1v) is 5.80. The van der Waals surface area contributed by atoms with Crippen LogP contribution in [0.15, 0.2) is 36.4 Å². The number of benzene rings is 2. The molecule has 98 valence electrons. The Kier molecular flexibility index (Phi) is 4.12. The Labute approximate surface area is 113 Å². The summed E-state index contributed by atoms with van der Waals surface area (Å²) in [6.07, 6.45) is 0.555. The van der Waals surface area contributed by atoms with E-state index >= 15 is 0 Å². The van der Waals surface area contributed by atoms with E-state index in [1.54, 1.807) is 12.1 Å². The zero-order valence-electron chi connectivity index (χ0n) is 9.70. The van der Waals surface area contributed by atoms with Crippen LogP contribution in [-0.2, 0) is 6.61 Å². The number of halogens is 3. The molecular formula is C14H9ClF2O2. The third kappa shape index (κ3) is 2.90. The van der Waals surface area contributed by atoms with Gasteiger partial charge in [-0.2, -0.15) is 0 Å². The van der Waals surface area contributed by atoms with Gasteiger partial charge in [-0.3, -0.25) is 4.79 Å². The van der Waals surface area contributed by atoms with Gasteiger partial charge in [-0.25, -0.2) is 8.78 Å². The summed E-state index contributed by atoms with van der Waals surface area (Å²) in [5, 5.41) is 0.243. The summed E-state index contributed by atoms with van der Waals surface area (Å²) >= 11 is 5.82. The van der Waals surface area contributed by atoms with Crippen LogP contribution in [-0.4, -0.2) is 6.29 Å². The molecule has 19 heavy (non-hydrogen) atoms. The summed E-state index contributed by atoms with van der Waals surface area (Å²) in [5.41, 5.74) is 0.248. The molecule has 0 aliphatic carbocycles. The molecule has 0 aliphatic rings. The van der Waals surface area contributed by atoms with Crippen LogP contribution in [0.2, 0.25) is 5.02 Å². The second-order valence-electron chi connectivity index (χ2n) is 3.77. The van der Waals surface area contributed by atoms with E-state index in [1.165, 1.54) is 18.2 Å². The average molecular weight is 283 g/mol. The Bertz CT molecular complexity index is 614. The molecule has 0 saturated heterocycles. The predicted molar refractivity (Wildman–Crippen MR) is 67.5 cm³/mol. The van der Waals surface area contributed by atoms with E-state index in [1.807, 2.05) is 0 Å². The fourth-order valence-corrected chi connectivity index (χ4v) is 1.78. The van der Waals surface area contributed by atoms with Gasteiger partial charge in [0.05, 0.1) is 10.6 Å². The van der Waals surface area contributed by atoms with Gasteiger partial charge < -0.3 is 4.74 Å². The predicted octanol–water partition coefficient (Wildman–Crippen LogP) is 4.01. The topological polar surface area (TPSA) is 26.3 Å². The lowest BCUT2D eigenvalue weighted by Crippen LogP contribution is -2.02. The second-order valence-corrected chi connectivity index (χ2v) is 4.18. The van der Waals surface area contributed by atoms with Crippen molar-refractivity contribution in [3.63, 3.8) is 0 Å². The van der Waals surface area contributed by atoms with E-state index in [2.05, 4.69) is 0 Å². The molecule has 5 heteroatoms. The van der Waals surface area contributed by atoms with E-state index in [0.717, 1.165) is 6.07 Å². The molecule has 0 heterocycles. The van der Waals surface area contributed by atoms with Crippen molar-refractivity contribution in [3.05, 3.63) is 64.2 Å². The van der Waals surface area contributed by atoms with E-state index in [0.29, 0.717) is 6.29 Å². The van der Waals surface area contributed by atoms with Gasteiger partial charge in [-0.05, 0) is 18.2 Å². The maximum absolute atomic E-state index is 13.4. The van der Waals surface area contributed by atoms with Crippen LogP contribution in [0.3, 0.4) is 0 Å². The maximum atomic E-state index is 13.4. The van der Waals surface area contributed by atoms with Gasteiger partial charge in [0.1, 0.15) is 12.4 Å². The lowest BCUT2D eigenvalue weighted by Gasteiger charge is -2.10. The zero-order valence-corrected chi connectivity index (χ0v) is 10.5. The molecule has 0 saturated carbocycles. The number of carbonyl (C=O) groups excluding carboxylic acids is 1. The Hall–Kier alpha value is -1.94. The fraction of sp³-hybridized carbons (Fsp3) is 0.0714. The van der Waals surface area contributed by atoms with Crippen molar-refractivity contribution < 1.29 is 18.3 Å². The van der Waals surface area contributed by atoms with Gasteiger partial charge in [0.15, 0.2) is 17.9 Å². The summed E-state index contributed by atoms with van der Waals surface area (Å²) in [5.74, 6) is -1.67. The van der Waals surface area contributed by atoms with Crippen molar-refractivity contribution in [1.82, 2.24) is 0 Å². The van der Waals surface area contributed by atoms with Crippen molar-refractivity contribution in [2.24, 2.45) is 0 Å². The first-order chi connectivity index (χ1) is 9.13. The molecule has 0 spiro atoms.